The van der Waals surface area contributed by atoms with Gasteiger partial charge in [0, 0.05) is 18.7 Å². The zero-order valence-corrected chi connectivity index (χ0v) is 20.9. The van der Waals surface area contributed by atoms with Crippen molar-refractivity contribution in [3.05, 3.63) is 98.9 Å². The number of carbonyl (C=O) groups is 2. The SMILES string of the molecule is CCCN1C(=O)C2(c3ccccc31)c1c(oc3ccc(C)cc3c1=O)C(=O)N2Cc1ccc2c(c1)OCO2. The van der Waals surface area contributed by atoms with Crippen molar-refractivity contribution < 1.29 is 23.5 Å². The first-order valence-corrected chi connectivity index (χ1v) is 12.6. The van der Waals surface area contributed by atoms with Gasteiger partial charge in [0.1, 0.15) is 5.58 Å². The topological polar surface area (TPSA) is 89.3 Å². The molecule has 4 heterocycles. The van der Waals surface area contributed by atoms with Crippen LogP contribution in [0.25, 0.3) is 11.0 Å². The molecule has 2 amide bonds. The molecule has 190 valence electrons. The number of fused-ring (bicyclic) bond motifs is 6. The lowest BCUT2D eigenvalue weighted by molar-refractivity contribution is -0.126. The number of benzene rings is 3. The van der Waals surface area contributed by atoms with Gasteiger partial charge in [-0.2, -0.15) is 0 Å². The quantitative estimate of drug-likeness (QED) is 0.404. The van der Waals surface area contributed by atoms with Gasteiger partial charge in [-0.15, -0.1) is 0 Å². The molecule has 7 rings (SSSR count). The van der Waals surface area contributed by atoms with Crippen molar-refractivity contribution in [1.82, 2.24) is 4.90 Å². The number of para-hydroxylation sites is 1. The van der Waals surface area contributed by atoms with E-state index in [1.54, 1.807) is 29.2 Å². The number of amides is 2. The monoisotopic (exact) mass is 508 g/mol. The van der Waals surface area contributed by atoms with E-state index in [9.17, 15) is 14.4 Å². The number of carbonyl (C=O) groups excluding carboxylic acids is 2. The zero-order valence-electron chi connectivity index (χ0n) is 20.9. The third-order valence-electron chi connectivity index (χ3n) is 7.62. The highest BCUT2D eigenvalue weighted by atomic mass is 16.7. The van der Waals surface area contributed by atoms with E-state index in [1.807, 2.05) is 50.2 Å². The summed E-state index contributed by atoms with van der Waals surface area (Å²) < 4.78 is 17.1. The molecule has 3 aliphatic heterocycles. The minimum atomic E-state index is -1.65. The number of nitrogens with zero attached hydrogens (tertiary/aromatic N) is 2. The van der Waals surface area contributed by atoms with Crippen molar-refractivity contribution in [1.29, 1.82) is 0 Å². The van der Waals surface area contributed by atoms with Crippen LogP contribution in [0.3, 0.4) is 0 Å². The van der Waals surface area contributed by atoms with Crippen LogP contribution < -0.4 is 19.8 Å². The molecule has 1 spiro atoms. The maximum absolute atomic E-state index is 14.5. The van der Waals surface area contributed by atoms with Crippen LogP contribution in [0, 0.1) is 6.92 Å². The van der Waals surface area contributed by atoms with Crippen molar-refractivity contribution >= 4 is 28.5 Å². The number of hydrogen-bond donors (Lipinski definition) is 0. The molecule has 3 aromatic carbocycles. The fourth-order valence-electron chi connectivity index (χ4n) is 5.99. The maximum atomic E-state index is 14.5. The second kappa shape index (κ2) is 7.95. The highest BCUT2D eigenvalue weighted by Crippen LogP contribution is 2.53. The lowest BCUT2D eigenvalue weighted by Crippen LogP contribution is -2.53. The standard InChI is InChI=1S/C30H24N2O6/c1-3-12-31-21-7-5-4-6-20(21)30(29(31)35)25-26(33)19-13-17(2)8-10-22(19)38-27(25)28(34)32(30)15-18-9-11-23-24(14-18)37-16-36-23/h4-11,13-14H,3,12,15-16H2,1-2H3. The number of rotatable bonds is 4. The van der Waals surface area contributed by atoms with Gasteiger partial charge in [0.2, 0.25) is 12.6 Å². The van der Waals surface area contributed by atoms with Gasteiger partial charge in [-0.3, -0.25) is 14.4 Å². The zero-order chi connectivity index (χ0) is 26.2. The van der Waals surface area contributed by atoms with Gasteiger partial charge in [0.05, 0.1) is 16.6 Å². The van der Waals surface area contributed by atoms with Crippen LogP contribution in [-0.4, -0.2) is 30.1 Å². The smallest absolute Gasteiger partial charge is 0.291 e. The third-order valence-corrected chi connectivity index (χ3v) is 7.62. The summed E-state index contributed by atoms with van der Waals surface area (Å²) in [6, 6.07) is 18.1. The highest BCUT2D eigenvalue weighted by molar-refractivity contribution is 6.17. The van der Waals surface area contributed by atoms with Crippen LogP contribution in [0.1, 0.15) is 46.2 Å². The Labute approximate surface area is 218 Å². The first-order valence-electron chi connectivity index (χ1n) is 12.6. The minimum Gasteiger partial charge on any atom is -0.454 e. The van der Waals surface area contributed by atoms with Crippen molar-refractivity contribution in [3.8, 4) is 11.5 Å². The summed E-state index contributed by atoms with van der Waals surface area (Å²) in [5.41, 5.74) is 1.30. The van der Waals surface area contributed by atoms with Crippen LogP contribution in [0.2, 0.25) is 0 Å². The fraction of sp³-hybridized carbons (Fsp3) is 0.233. The Bertz CT molecular complexity index is 1740. The predicted molar refractivity (Wildman–Crippen MR) is 140 cm³/mol. The molecule has 0 bridgehead atoms. The lowest BCUT2D eigenvalue weighted by atomic mass is 9.83. The largest absolute Gasteiger partial charge is 0.454 e. The summed E-state index contributed by atoms with van der Waals surface area (Å²) in [5, 5.41) is 0.347. The fourth-order valence-corrected chi connectivity index (χ4v) is 5.99. The van der Waals surface area contributed by atoms with Crippen LogP contribution in [0.15, 0.2) is 69.9 Å². The second-order valence-electron chi connectivity index (χ2n) is 9.90. The summed E-state index contributed by atoms with van der Waals surface area (Å²) in [6.07, 6.45) is 0.713. The van der Waals surface area contributed by atoms with E-state index in [2.05, 4.69) is 0 Å². The van der Waals surface area contributed by atoms with Crippen LogP contribution in [-0.2, 0) is 16.9 Å². The van der Waals surface area contributed by atoms with Crippen molar-refractivity contribution in [2.45, 2.75) is 32.4 Å². The lowest BCUT2D eigenvalue weighted by Gasteiger charge is -2.34. The van der Waals surface area contributed by atoms with E-state index in [0.29, 0.717) is 46.7 Å². The Kier molecular flexibility index (Phi) is 4.73. The summed E-state index contributed by atoms with van der Waals surface area (Å²) in [7, 11) is 0. The molecular formula is C30H24N2O6. The molecule has 1 atom stereocenters. The Balaban J connectivity index is 1.52. The van der Waals surface area contributed by atoms with E-state index in [-0.39, 0.29) is 36.0 Å². The van der Waals surface area contributed by atoms with E-state index in [4.69, 9.17) is 13.9 Å². The van der Waals surface area contributed by atoms with Crippen LogP contribution >= 0.6 is 0 Å². The second-order valence-corrected chi connectivity index (χ2v) is 9.90. The molecule has 8 nitrogen and oxygen atoms in total. The van der Waals surface area contributed by atoms with Gasteiger partial charge in [-0.25, -0.2) is 0 Å². The van der Waals surface area contributed by atoms with Gasteiger partial charge in [0.15, 0.2) is 22.5 Å². The van der Waals surface area contributed by atoms with Gasteiger partial charge < -0.3 is 23.7 Å². The molecule has 1 unspecified atom stereocenters. The third kappa shape index (κ3) is 2.82. The molecule has 8 heteroatoms. The molecule has 38 heavy (non-hydrogen) atoms. The van der Waals surface area contributed by atoms with Crippen LogP contribution in [0.5, 0.6) is 11.5 Å². The first-order chi connectivity index (χ1) is 18.4. The minimum absolute atomic E-state index is 0.0640. The highest BCUT2D eigenvalue weighted by Gasteiger charge is 2.64. The molecular weight excluding hydrogens is 484 g/mol. The van der Waals surface area contributed by atoms with Crippen molar-refractivity contribution in [3.63, 3.8) is 0 Å². The van der Waals surface area contributed by atoms with Gasteiger partial charge >= 0.3 is 0 Å². The summed E-state index contributed by atoms with van der Waals surface area (Å²) in [6.45, 7) is 4.52. The van der Waals surface area contributed by atoms with E-state index >= 15 is 0 Å². The molecule has 3 aliphatic rings. The molecule has 0 aliphatic carbocycles. The molecule has 0 N–H and O–H groups in total. The van der Waals surface area contributed by atoms with Gasteiger partial charge in [-0.1, -0.05) is 42.8 Å². The Morgan fingerprint density at radius 3 is 2.61 bits per heavy atom. The Morgan fingerprint density at radius 1 is 0.947 bits per heavy atom. The summed E-state index contributed by atoms with van der Waals surface area (Å²) >= 11 is 0. The van der Waals surface area contributed by atoms with Crippen LogP contribution in [0.4, 0.5) is 5.69 Å². The molecule has 0 fully saturated rings. The Morgan fingerprint density at radius 2 is 1.76 bits per heavy atom. The van der Waals surface area contributed by atoms with Gasteiger partial charge in [-0.05, 0) is 49.2 Å². The average Bonchev–Trinajstić information content (AvgIpc) is 3.55. The molecule has 4 aromatic rings. The average molecular weight is 509 g/mol. The molecule has 1 aromatic heterocycles. The van der Waals surface area contributed by atoms with Gasteiger partial charge in [0.25, 0.3) is 11.8 Å². The molecule has 0 saturated heterocycles. The first kappa shape index (κ1) is 22.6. The summed E-state index contributed by atoms with van der Waals surface area (Å²) in [4.78, 5) is 46.1. The van der Waals surface area contributed by atoms with Crippen molar-refractivity contribution in [2.24, 2.45) is 0 Å². The number of ether oxygens (including phenoxy) is 2. The summed E-state index contributed by atoms with van der Waals surface area (Å²) in [5.74, 6) is 0.274. The normalized spacial score (nSPS) is 19.1. The number of aryl methyl sites for hydroxylation is 1. The van der Waals surface area contributed by atoms with E-state index in [0.717, 1.165) is 11.1 Å². The van der Waals surface area contributed by atoms with E-state index in [1.165, 1.54) is 4.90 Å². The number of hydrogen-bond acceptors (Lipinski definition) is 6. The van der Waals surface area contributed by atoms with E-state index < -0.39 is 11.4 Å². The number of anilines is 1. The molecule has 0 radical (unpaired) electrons. The predicted octanol–water partition coefficient (Wildman–Crippen LogP) is 4.49. The van der Waals surface area contributed by atoms with Crippen molar-refractivity contribution in [2.75, 3.05) is 18.2 Å². The molecule has 0 saturated carbocycles. The Hall–Kier alpha value is -4.59. The maximum Gasteiger partial charge on any atom is 0.291 e.